The molecule has 0 fully saturated rings. The maximum absolute atomic E-state index is 12.9. The van der Waals surface area contributed by atoms with Gasteiger partial charge in [0.25, 0.3) is 5.56 Å². The molecule has 0 spiro atoms. The number of hydrogen-bond donors (Lipinski definition) is 1. The van der Waals surface area contributed by atoms with Crippen LogP contribution in [0.5, 0.6) is 0 Å². The van der Waals surface area contributed by atoms with E-state index < -0.39 is 17.3 Å². The Hall–Kier alpha value is -2.66. The van der Waals surface area contributed by atoms with Crippen molar-refractivity contribution in [3.63, 3.8) is 0 Å². The van der Waals surface area contributed by atoms with Crippen LogP contribution in [-0.2, 0) is 17.5 Å². The van der Waals surface area contributed by atoms with Gasteiger partial charge in [-0.2, -0.15) is 13.2 Å². The molecule has 3 aromatic rings. The number of carbonyl (C=O) groups is 1. The van der Waals surface area contributed by atoms with Crippen molar-refractivity contribution in [2.75, 3.05) is 11.1 Å². The molecule has 0 saturated carbocycles. The lowest BCUT2D eigenvalue weighted by Gasteiger charge is -2.13. The van der Waals surface area contributed by atoms with Crippen LogP contribution in [0.4, 0.5) is 18.3 Å². The van der Waals surface area contributed by atoms with E-state index in [4.69, 9.17) is 0 Å². The van der Waals surface area contributed by atoms with Gasteiger partial charge in [-0.1, -0.05) is 23.9 Å². The summed E-state index contributed by atoms with van der Waals surface area (Å²) in [7, 11) is 0. The fourth-order valence-corrected chi connectivity index (χ4v) is 3.85. The number of nitrogens with one attached hydrogen (secondary N) is 1. The van der Waals surface area contributed by atoms with Crippen LogP contribution in [0, 0.1) is 6.92 Å². The summed E-state index contributed by atoms with van der Waals surface area (Å²) in [4.78, 5) is 32.7. The predicted octanol–water partition coefficient (Wildman–Crippen LogP) is 3.81. The Bertz CT molecular complexity index is 1070. The Labute approximate surface area is 171 Å². The summed E-state index contributed by atoms with van der Waals surface area (Å²) in [5.74, 6) is -0.357. The summed E-state index contributed by atoms with van der Waals surface area (Å²) in [6.07, 6.45) is -2.92. The monoisotopic (exact) mass is 440 g/mol. The van der Waals surface area contributed by atoms with Gasteiger partial charge >= 0.3 is 6.18 Å². The highest BCUT2D eigenvalue weighted by molar-refractivity contribution is 7.99. The van der Waals surface area contributed by atoms with E-state index >= 15 is 0 Å². The van der Waals surface area contributed by atoms with E-state index in [-0.39, 0.29) is 23.4 Å². The summed E-state index contributed by atoms with van der Waals surface area (Å²) >= 11 is 2.30. The molecule has 0 aliphatic heterocycles. The minimum absolute atomic E-state index is 0.0297. The van der Waals surface area contributed by atoms with Crippen molar-refractivity contribution < 1.29 is 18.0 Å². The smallest absolute Gasteiger partial charge is 0.301 e. The topological polar surface area (TPSA) is 76.9 Å². The van der Waals surface area contributed by atoms with Crippen LogP contribution in [0.25, 0.3) is 0 Å². The zero-order chi connectivity index (χ0) is 21.0. The van der Waals surface area contributed by atoms with Crippen LogP contribution in [0.1, 0.15) is 16.8 Å². The molecular weight excluding hydrogens is 425 g/mol. The molecule has 6 nitrogen and oxygen atoms in total. The van der Waals surface area contributed by atoms with E-state index in [1.54, 1.807) is 18.5 Å². The molecule has 2 aromatic heterocycles. The number of aryl methyl sites for hydroxylation is 1. The van der Waals surface area contributed by atoms with Crippen molar-refractivity contribution in [3.05, 3.63) is 69.1 Å². The first-order chi connectivity index (χ1) is 13.7. The Balaban J connectivity index is 1.80. The lowest BCUT2D eigenvalue weighted by Crippen LogP contribution is -2.24. The number of nitrogens with zero attached hydrogens (tertiary/aromatic N) is 3. The van der Waals surface area contributed by atoms with Crippen LogP contribution in [0.3, 0.4) is 0 Å². The van der Waals surface area contributed by atoms with Crippen molar-refractivity contribution >= 4 is 34.1 Å². The number of thiazole rings is 1. The van der Waals surface area contributed by atoms with Crippen molar-refractivity contribution in [2.45, 2.75) is 24.8 Å². The molecule has 0 atom stereocenters. The van der Waals surface area contributed by atoms with Gasteiger partial charge in [0, 0.05) is 23.3 Å². The molecule has 0 saturated heterocycles. The normalized spacial score (nSPS) is 11.4. The zero-order valence-electron chi connectivity index (χ0n) is 15.1. The maximum Gasteiger partial charge on any atom is 0.416 e. The lowest BCUT2D eigenvalue weighted by molar-refractivity contribution is -0.137. The molecule has 29 heavy (non-hydrogen) atoms. The quantitative estimate of drug-likeness (QED) is 0.466. The number of anilines is 1. The van der Waals surface area contributed by atoms with Gasteiger partial charge in [-0.3, -0.25) is 14.2 Å². The molecule has 2 heterocycles. The number of rotatable bonds is 6. The minimum Gasteiger partial charge on any atom is -0.301 e. The highest BCUT2D eigenvalue weighted by Gasteiger charge is 2.30. The Morgan fingerprint density at radius 1 is 1.31 bits per heavy atom. The van der Waals surface area contributed by atoms with E-state index in [1.807, 2.05) is 0 Å². The van der Waals surface area contributed by atoms with Gasteiger partial charge in [0.15, 0.2) is 10.3 Å². The summed E-state index contributed by atoms with van der Waals surface area (Å²) in [5.41, 5.74) is -0.433. The molecule has 152 valence electrons. The SMILES string of the molecule is Cc1cc(=O)n(Cc2cccc(C(F)(F)F)c2)c(SCC(=O)Nc2nccs2)n1. The van der Waals surface area contributed by atoms with Crippen LogP contribution >= 0.6 is 23.1 Å². The molecule has 1 amide bonds. The van der Waals surface area contributed by atoms with Gasteiger partial charge in [0.2, 0.25) is 5.91 Å². The number of hydrogen-bond acceptors (Lipinski definition) is 6. The van der Waals surface area contributed by atoms with Gasteiger partial charge in [0.05, 0.1) is 17.9 Å². The Kier molecular flexibility index (Phi) is 6.38. The molecule has 0 radical (unpaired) electrons. The van der Waals surface area contributed by atoms with Crippen LogP contribution in [0.2, 0.25) is 0 Å². The molecule has 0 aliphatic carbocycles. The standard InChI is InChI=1S/C18H15F3N4O2S2/c1-11-7-15(27)25(9-12-3-2-4-13(8-12)18(19,20)21)17(23-11)29-10-14(26)24-16-22-5-6-28-16/h2-8H,9-10H2,1H3,(H,22,24,26). The van der Waals surface area contributed by atoms with Crippen molar-refractivity contribution in [1.29, 1.82) is 0 Å². The largest absolute Gasteiger partial charge is 0.416 e. The lowest BCUT2D eigenvalue weighted by atomic mass is 10.1. The second kappa shape index (κ2) is 8.78. The first-order valence-electron chi connectivity index (χ1n) is 8.29. The van der Waals surface area contributed by atoms with E-state index in [0.717, 1.165) is 23.9 Å². The van der Waals surface area contributed by atoms with Gasteiger partial charge in [-0.25, -0.2) is 9.97 Å². The van der Waals surface area contributed by atoms with Gasteiger partial charge in [0.1, 0.15) is 0 Å². The fourth-order valence-electron chi connectivity index (χ4n) is 2.45. The van der Waals surface area contributed by atoms with Crippen LogP contribution < -0.4 is 10.9 Å². The highest BCUT2D eigenvalue weighted by Crippen LogP contribution is 2.29. The summed E-state index contributed by atoms with van der Waals surface area (Å²) < 4.78 is 40.1. The second-order valence-electron chi connectivity index (χ2n) is 5.98. The summed E-state index contributed by atoms with van der Waals surface area (Å²) in [6, 6.07) is 6.06. The second-order valence-corrected chi connectivity index (χ2v) is 7.81. The number of thioether (sulfide) groups is 1. The molecule has 0 bridgehead atoms. The molecule has 3 rings (SSSR count). The van der Waals surface area contributed by atoms with Gasteiger partial charge < -0.3 is 5.32 Å². The van der Waals surface area contributed by atoms with Crippen molar-refractivity contribution in [3.8, 4) is 0 Å². The summed E-state index contributed by atoms with van der Waals surface area (Å²) in [5, 5.41) is 5.05. The number of benzene rings is 1. The number of carbonyl (C=O) groups excluding carboxylic acids is 1. The summed E-state index contributed by atoms with van der Waals surface area (Å²) in [6.45, 7) is 1.54. The number of alkyl halides is 3. The first-order valence-corrected chi connectivity index (χ1v) is 10.2. The third-order valence-corrected chi connectivity index (χ3v) is 5.37. The van der Waals surface area contributed by atoms with E-state index in [9.17, 15) is 22.8 Å². The first kappa shape index (κ1) is 21.1. The van der Waals surface area contributed by atoms with Crippen LogP contribution in [-0.4, -0.2) is 26.2 Å². The van der Waals surface area contributed by atoms with Gasteiger partial charge in [-0.05, 0) is 24.6 Å². The third kappa shape index (κ3) is 5.67. The molecular formula is C18H15F3N4O2S2. The van der Waals surface area contributed by atoms with Gasteiger partial charge in [-0.15, -0.1) is 11.3 Å². The number of halogens is 3. The highest BCUT2D eigenvalue weighted by atomic mass is 32.2. The zero-order valence-corrected chi connectivity index (χ0v) is 16.7. The third-order valence-electron chi connectivity index (χ3n) is 3.71. The van der Waals surface area contributed by atoms with Crippen molar-refractivity contribution in [2.24, 2.45) is 0 Å². The number of amides is 1. The Morgan fingerprint density at radius 2 is 2.10 bits per heavy atom. The maximum atomic E-state index is 12.9. The van der Waals surface area contributed by atoms with Crippen molar-refractivity contribution in [1.82, 2.24) is 14.5 Å². The fraction of sp³-hybridized carbons (Fsp3) is 0.222. The Morgan fingerprint density at radius 3 is 2.79 bits per heavy atom. The molecule has 0 aliphatic rings. The molecule has 1 N–H and O–H groups in total. The molecule has 11 heteroatoms. The molecule has 1 aromatic carbocycles. The van der Waals surface area contributed by atoms with E-state index in [1.165, 1.54) is 34.1 Å². The van der Waals surface area contributed by atoms with E-state index in [2.05, 4.69) is 15.3 Å². The average molecular weight is 440 g/mol. The van der Waals surface area contributed by atoms with E-state index in [0.29, 0.717) is 16.4 Å². The average Bonchev–Trinajstić information content (AvgIpc) is 3.15. The minimum atomic E-state index is -4.47. The van der Waals surface area contributed by atoms with Crippen LogP contribution in [0.15, 0.2) is 51.9 Å². The predicted molar refractivity (Wildman–Crippen MR) is 105 cm³/mol. The number of aromatic nitrogens is 3. The molecule has 0 unspecified atom stereocenters.